The molecule has 1 rings (SSSR count). The summed E-state index contributed by atoms with van der Waals surface area (Å²) >= 11 is 0. The molecule has 0 N–H and O–H groups in total. The van der Waals surface area contributed by atoms with Crippen LogP contribution >= 0.6 is 0 Å². The molecule has 0 aliphatic carbocycles. The van der Waals surface area contributed by atoms with Crippen LogP contribution in [0.3, 0.4) is 0 Å². The summed E-state index contributed by atoms with van der Waals surface area (Å²) in [6.07, 6.45) is -3.11. The van der Waals surface area contributed by atoms with Crippen molar-refractivity contribution in [2.24, 2.45) is 0 Å². The topological polar surface area (TPSA) is 26.3 Å². The number of alkyl halides is 3. The highest BCUT2D eigenvalue weighted by atomic mass is 19.4. The van der Waals surface area contributed by atoms with Gasteiger partial charge in [0.1, 0.15) is 11.7 Å². The third-order valence-electron chi connectivity index (χ3n) is 2.17. The molecule has 2 nitrogen and oxygen atoms in total. The number of hydrogen-bond acceptors (Lipinski definition) is 2. The van der Waals surface area contributed by atoms with Crippen molar-refractivity contribution >= 4 is 12.0 Å². The summed E-state index contributed by atoms with van der Waals surface area (Å²) in [6.45, 7) is 2.06. The minimum atomic E-state index is -4.36. The monoisotopic (exact) mass is 244 g/mol. The molecule has 1 aromatic rings. The van der Waals surface area contributed by atoms with Gasteiger partial charge in [-0.05, 0) is 42.7 Å². The van der Waals surface area contributed by atoms with Crippen LogP contribution in [0.4, 0.5) is 13.2 Å². The van der Waals surface area contributed by atoms with E-state index >= 15 is 0 Å². The van der Waals surface area contributed by atoms with Crippen molar-refractivity contribution in [2.75, 3.05) is 6.61 Å². The van der Waals surface area contributed by atoms with Gasteiger partial charge < -0.3 is 4.74 Å². The molecule has 0 radical (unpaired) electrons. The third kappa shape index (κ3) is 3.96. The molecule has 0 aliphatic rings. The van der Waals surface area contributed by atoms with E-state index in [9.17, 15) is 18.0 Å². The Morgan fingerprint density at radius 1 is 1.29 bits per heavy atom. The fourth-order valence-electron chi connectivity index (χ4n) is 1.47. The molecule has 0 unspecified atom stereocenters. The smallest absolute Gasteiger partial charge is 0.422 e. The lowest BCUT2D eigenvalue weighted by atomic mass is 10.0. The van der Waals surface area contributed by atoms with Gasteiger partial charge in [-0.15, -0.1) is 0 Å². The fourth-order valence-corrected chi connectivity index (χ4v) is 1.47. The van der Waals surface area contributed by atoms with Gasteiger partial charge in [0, 0.05) is 6.08 Å². The number of hydrogen-bond donors (Lipinski definition) is 0. The van der Waals surface area contributed by atoms with Gasteiger partial charge in [-0.1, -0.05) is 0 Å². The van der Waals surface area contributed by atoms with Crippen molar-refractivity contribution in [2.45, 2.75) is 20.0 Å². The molecule has 0 atom stereocenters. The van der Waals surface area contributed by atoms with Crippen LogP contribution in [0.5, 0.6) is 5.75 Å². The first-order chi connectivity index (χ1) is 7.83. The number of ether oxygens (including phenoxy) is 1. The Hall–Kier alpha value is -1.74. The van der Waals surface area contributed by atoms with E-state index in [2.05, 4.69) is 4.74 Å². The van der Waals surface area contributed by atoms with Crippen LogP contribution in [0.2, 0.25) is 0 Å². The Kier molecular flexibility index (Phi) is 3.97. The molecule has 0 saturated heterocycles. The van der Waals surface area contributed by atoms with Crippen molar-refractivity contribution in [3.8, 4) is 5.75 Å². The van der Waals surface area contributed by atoms with Crippen LogP contribution < -0.4 is 4.74 Å². The Bertz CT molecular complexity index is 434. The van der Waals surface area contributed by atoms with Crippen molar-refractivity contribution in [3.05, 3.63) is 28.8 Å². The van der Waals surface area contributed by atoms with Crippen molar-refractivity contribution in [3.63, 3.8) is 0 Å². The van der Waals surface area contributed by atoms with Gasteiger partial charge in [-0.3, -0.25) is 0 Å². The van der Waals surface area contributed by atoms with Crippen LogP contribution in [0, 0.1) is 13.8 Å². The van der Waals surface area contributed by atoms with Crippen molar-refractivity contribution in [1.29, 1.82) is 0 Å². The summed E-state index contributed by atoms with van der Waals surface area (Å²) in [6, 6.07) is 2.92. The molecule has 0 spiro atoms. The molecular formula is C12H11F3O2. The van der Waals surface area contributed by atoms with Gasteiger partial charge in [0.2, 0.25) is 0 Å². The maximum Gasteiger partial charge on any atom is 0.422 e. The third-order valence-corrected chi connectivity index (χ3v) is 2.17. The summed E-state index contributed by atoms with van der Waals surface area (Å²) in [7, 11) is 0. The Balaban J connectivity index is 2.94. The molecule has 0 amide bonds. The SMILES string of the molecule is Cc1cc(OCC(F)(F)F)cc(C)c1C=C=O. The Morgan fingerprint density at radius 3 is 2.24 bits per heavy atom. The van der Waals surface area contributed by atoms with E-state index in [1.165, 1.54) is 18.2 Å². The second-order valence-corrected chi connectivity index (χ2v) is 3.64. The molecular weight excluding hydrogens is 233 g/mol. The molecule has 17 heavy (non-hydrogen) atoms. The van der Waals surface area contributed by atoms with Crippen LogP contribution in [0.15, 0.2) is 12.1 Å². The molecule has 0 aliphatic heterocycles. The number of rotatable bonds is 3. The van der Waals surface area contributed by atoms with E-state index in [-0.39, 0.29) is 5.75 Å². The lowest BCUT2D eigenvalue weighted by Gasteiger charge is -2.12. The van der Waals surface area contributed by atoms with E-state index in [1.807, 2.05) is 0 Å². The molecule has 0 heterocycles. The van der Waals surface area contributed by atoms with E-state index in [0.717, 1.165) is 0 Å². The molecule has 0 fully saturated rings. The highest BCUT2D eigenvalue weighted by Gasteiger charge is 2.28. The van der Waals surface area contributed by atoms with Crippen LogP contribution in [-0.2, 0) is 4.79 Å². The van der Waals surface area contributed by atoms with Gasteiger partial charge in [0.25, 0.3) is 0 Å². The lowest BCUT2D eigenvalue weighted by molar-refractivity contribution is -0.153. The van der Waals surface area contributed by atoms with Gasteiger partial charge in [0.05, 0.1) is 0 Å². The highest BCUT2D eigenvalue weighted by Crippen LogP contribution is 2.24. The minimum absolute atomic E-state index is 0.139. The Morgan fingerprint density at radius 2 is 1.82 bits per heavy atom. The molecule has 0 bridgehead atoms. The first kappa shape index (κ1) is 13.3. The Labute approximate surface area is 96.7 Å². The quantitative estimate of drug-likeness (QED) is 0.764. The maximum atomic E-state index is 12.0. The molecule has 0 aromatic heterocycles. The van der Waals surface area contributed by atoms with E-state index < -0.39 is 12.8 Å². The second-order valence-electron chi connectivity index (χ2n) is 3.64. The average molecular weight is 244 g/mol. The van der Waals surface area contributed by atoms with Crippen LogP contribution in [0.1, 0.15) is 16.7 Å². The van der Waals surface area contributed by atoms with Crippen LogP contribution in [-0.4, -0.2) is 18.7 Å². The molecule has 92 valence electrons. The predicted molar refractivity (Wildman–Crippen MR) is 57.6 cm³/mol. The summed E-state index contributed by atoms with van der Waals surface area (Å²) in [5, 5.41) is 0. The number of benzene rings is 1. The summed E-state index contributed by atoms with van der Waals surface area (Å²) in [5.41, 5.74) is 2.00. The van der Waals surface area contributed by atoms with Gasteiger partial charge in [-0.25, -0.2) is 4.79 Å². The summed E-state index contributed by atoms with van der Waals surface area (Å²) < 4.78 is 40.5. The first-order valence-electron chi connectivity index (χ1n) is 4.85. The first-order valence-corrected chi connectivity index (χ1v) is 4.85. The minimum Gasteiger partial charge on any atom is -0.484 e. The normalized spacial score (nSPS) is 10.9. The second kappa shape index (κ2) is 5.06. The number of carbonyl (C=O) groups excluding carboxylic acids is 1. The zero-order valence-electron chi connectivity index (χ0n) is 9.39. The van der Waals surface area contributed by atoms with Crippen molar-refractivity contribution < 1.29 is 22.7 Å². The lowest BCUT2D eigenvalue weighted by Crippen LogP contribution is -2.19. The van der Waals surface area contributed by atoms with Gasteiger partial charge >= 0.3 is 6.18 Å². The van der Waals surface area contributed by atoms with E-state index in [1.54, 1.807) is 19.8 Å². The largest absolute Gasteiger partial charge is 0.484 e. The predicted octanol–water partition coefficient (Wildman–Crippen LogP) is 3.09. The highest BCUT2D eigenvalue weighted by molar-refractivity contribution is 5.77. The molecule has 1 aromatic carbocycles. The summed E-state index contributed by atoms with van der Waals surface area (Å²) in [5.74, 6) is 1.78. The molecule has 0 saturated carbocycles. The van der Waals surface area contributed by atoms with Gasteiger partial charge in [-0.2, -0.15) is 13.2 Å². The van der Waals surface area contributed by atoms with Crippen LogP contribution in [0.25, 0.3) is 6.08 Å². The fraction of sp³-hybridized carbons (Fsp3) is 0.333. The zero-order chi connectivity index (χ0) is 13.1. The maximum absolute atomic E-state index is 12.0. The zero-order valence-corrected chi connectivity index (χ0v) is 9.39. The number of aryl methyl sites for hydroxylation is 2. The number of halogens is 3. The van der Waals surface area contributed by atoms with E-state index in [4.69, 9.17) is 0 Å². The molecule has 5 heteroatoms. The van der Waals surface area contributed by atoms with E-state index in [0.29, 0.717) is 16.7 Å². The summed E-state index contributed by atoms with van der Waals surface area (Å²) in [4.78, 5) is 10.3. The standard InChI is InChI=1S/C12H11F3O2/c1-8-5-10(17-7-12(13,14)15)6-9(2)11(8)3-4-16/h3,5-6H,7H2,1-2H3. The van der Waals surface area contributed by atoms with Crippen molar-refractivity contribution in [1.82, 2.24) is 0 Å². The van der Waals surface area contributed by atoms with Gasteiger partial charge in [0.15, 0.2) is 6.61 Å². The average Bonchev–Trinajstić information content (AvgIpc) is 2.19.